The van der Waals surface area contributed by atoms with Gasteiger partial charge in [-0.15, -0.1) is 0 Å². The number of ether oxygens (including phenoxy) is 1. The van der Waals surface area contributed by atoms with Crippen LogP contribution in [0.4, 0.5) is 5.69 Å². The fraction of sp³-hybridized carbons (Fsp3) is 0.333. The van der Waals surface area contributed by atoms with E-state index in [1.54, 1.807) is 0 Å². The fourth-order valence-corrected chi connectivity index (χ4v) is 1.94. The number of carbonyl (C=O) groups is 2. The van der Waals surface area contributed by atoms with E-state index in [1.807, 2.05) is 25.1 Å². The molecule has 0 aliphatic carbocycles. The van der Waals surface area contributed by atoms with Crippen LogP contribution in [0.1, 0.15) is 18.4 Å². The fourth-order valence-electron chi connectivity index (χ4n) is 1.30. The van der Waals surface area contributed by atoms with Gasteiger partial charge in [0.2, 0.25) is 5.91 Å². The summed E-state index contributed by atoms with van der Waals surface area (Å²) < 4.78 is 5.59. The molecule has 0 radical (unpaired) electrons. The lowest BCUT2D eigenvalue weighted by Crippen LogP contribution is -2.14. The molecule has 0 aromatic heterocycles. The highest BCUT2D eigenvalue weighted by Gasteiger charge is 2.08. The van der Waals surface area contributed by atoms with E-state index in [9.17, 15) is 9.59 Å². The number of rotatable bonds is 4. The van der Waals surface area contributed by atoms with Crippen molar-refractivity contribution in [2.75, 3.05) is 12.4 Å². The SMILES string of the molecule is COC(=O)CCC(=O)Nc1ccc(I)cc1C. The smallest absolute Gasteiger partial charge is 0.306 e. The average molecular weight is 347 g/mol. The predicted molar refractivity (Wildman–Crippen MR) is 73.8 cm³/mol. The third-order valence-corrected chi connectivity index (χ3v) is 2.92. The van der Waals surface area contributed by atoms with Gasteiger partial charge in [0.1, 0.15) is 0 Å². The molecule has 0 heterocycles. The Morgan fingerprint density at radius 2 is 2.06 bits per heavy atom. The molecule has 0 saturated heterocycles. The van der Waals surface area contributed by atoms with Gasteiger partial charge in [0, 0.05) is 15.7 Å². The van der Waals surface area contributed by atoms with Gasteiger partial charge in [-0.2, -0.15) is 0 Å². The molecule has 17 heavy (non-hydrogen) atoms. The zero-order valence-electron chi connectivity index (χ0n) is 9.75. The molecule has 0 saturated carbocycles. The van der Waals surface area contributed by atoms with Crippen molar-refractivity contribution in [3.63, 3.8) is 0 Å². The number of hydrogen-bond acceptors (Lipinski definition) is 3. The number of amides is 1. The molecule has 0 atom stereocenters. The molecule has 0 aliphatic rings. The van der Waals surface area contributed by atoms with Gasteiger partial charge in [-0.05, 0) is 53.3 Å². The van der Waals surface area contributed by atoms with Crippen LogP contribution in [-0.4, -0.2) is 19.0 Å². The molecule has 0 fully saturated rings. The zero-order chi connectivity index (χ0) is 12.8. The van der Waals surface area contributed by atoms with Crippen LogP contribution in [0.5, 0.6) is 0 Å². The monoisotopic (exact) mass is 347 g/mol. The summed E-state index contributed by atoms with van der Waals surface area (Å²) in [6.07, 6.45) is 0.240. The second-order valence-electron chi connectivity index (χ2n) is 3.58. The molecular formula is C12H14INO3. The van der Waals surface area contributed by atoms with Gasteiger partial charge < -0.3 is 10.1 Å². The highest BCUT2D eigenvalue weighted by atomic mass is 127. The van der Waals surface area contributed by atoms with Crippen LogP contribution < -0.4 is 5.32 Å². The number of halogens is 1. The van der Waals surface area contributed by atoms with E-state index in [-0.39, 0.29) is 24.7 Å². The normalized spacial score (nSPS) is 9.82. The second-order valence-corrected chi connectivity index (χ2v) is 4.83. The van der Waals surface area contributed by atoms with Crippen molar-refractivity contribution < 1.29 is 14.3 Å². The van der Waals surface area contributed by atoms with Crippen molar-refractivity contribution in [3.8, 4) is 0 Å². The van der Waals surface area contributed by atoms with Gasteiger partial charge in [0.05, 0.1) is 13.5 Å². The van der Waals surface area contributed by atoms with Crippen molar-refractivity contribution in [3.05, 3.63) is 27.3 Å². The Hall–Kier alpha value is -1.11. The maximum absolute atomic E-state index is 11.5. The van der Waals surface area contributed by atoms with Crippen molar-refractivity contribution in [1.82, 2.24) is 0 Å². The van der Waals surface area contributed by atoms with Crippen LogP contribution in [0.2, 0.25) is 0 Å². The summed E-state index contributed by atoms with van der Waals surface area (Å²) in [6.45, 7) is 1.93. The van der Waals surface area contributed by atoms with Crippen molar-refractivity contribution in [2.24, 2.45) is 0 Å². The van der Waals surface area contributed by atoms with E-state index in [1.165, 1.54) is 7.11 Å². The Labute approximate surface area is 114 Å². The van der Waals surface area contributed by atoms with E-state index in [4.69, 9.17) is 0 Å². The minimum atomic E-state index is -0.375. The molecule has 1 N–H and O–H groups in total. The lowest BCUT2D eigenvalue weighted by Gasteiger charge is -2.08. The first-order chi connectivity index (χ1) is 8.02. The van der Waals surface area contributed by atoms with E-state index in [0.29, 0.717) is 0 Å². The third-order valence-electron chi connectivity index (χ3n) is 2.25. The first-order valence-electron chi connectivity index (χ1n) is 5.15. The average Bonchev–Trinajstić information content (AvgIpc) is 2.29. The molecule has 0 unspecified atom stereocenters. The Kier molecular flexibility index (Phi) is 5.40. The summed E-state index contributed by atoms with van der Waals surface area (Å²) in [6, 6.07) is 5.76. The van der Waals surface area contributed by atoms with Crippen molar-refractivity contribution in [2.45, 2.75) is 19.8 Å². The van der Waals surface area contributed by atoms with E-state index in [2.05, 4.69) is 32.6 Å². The largest absolute Gasteiger partial charge is 0.469 e. The van der Waals surface area contributed by atoms with Gasteiger partial charge in [-0.25, -0.2) is 0 Å². The summed E-state index contributed by atoms with van der Waals surface area (Å²) in [5, 5.41) is 2.77. The molecular weight excluding hydrogens is 333 g/mol. The Morgan fingerprint density at radius 3 is 2.65 bits per heavy atom. The molecule has 1 rings (SSSR count). The number of aryl methyl sites for hydroxylation is 1. The highest BCUT2D eigenvalue weighted by molar-refractivity contribution is 14.1. The van der Waals surface area contributed by atoms with E-state index < -0.39 is 0 Å². The number of nitrogens with one attached hydrogen (secondary N) is 1. The topological polar surface area (TPSA) is 55.4 Å². The summed E-state index contributed by atoms with van der Waals surface area (Å²) in [7, 11) is 1.31. The number of carbonyl (C=O) groups excluding carboxylic acids is 2. The summed E-state index contributed by atoms with van der Waals surface area (Å²) in [5.41, 5.74) is 1.78. The molecule has 5 heteroatoms. The maximum Gasteiger partial charge on any atom is 0.306 e. The Bertz CT molecular complexity index is 432. The van der Waals surface area contributed by atoms with Gasteiger partial charge in [0.25, 0.3) is 0 Å². The van der Waals surface area contributed by atoms with Crippen LogP contribution in [0.3, 0.4) is 0 Å². The molecule has 92 valence electrons. The van der Waals surface area contributed by atoms with E-state index in [0.717, 1.165) is 14.8 Å². The minimum Gasteiger partial charge on any atom is -0.469 e. The lowest BCUT2D eigenvalue weighted by atomic mass is 10.2. The van der Waals surface area contributed by atoms with Crippen LogP contribution in [0.25, 0.3) is 0 Å². The second kappa shape index (κ2) is 6.58. The third kappa shape index (κ3) is 4.72. The molecule has 1 aromatic carbocycles. The first kappa shape index (κ1) is 14.0. The standard InChI is InChI=1S/C12H14INO3/c1-8-7-9(13)3-4-10(8)14-11(15)5-6-12(16)17-2/h3-4,7H,5-6H2,1-2H3,(H,14,15). The van der Waals surface area contributed by atoms with Gasteiger partial charge >= 0.3 is 5.97 Å². The number of esters is 1. The number of anilines is 1. The molecule has 0 spiro atoms. The molecule has 4 nitrogen and oxygen atoms in total. The van der Waals surface area contributed by atoms with Gasteiger partial charge in [0.15, 0.2) is 0 Å². The highest BCUT2D eigenvalue weighted by Crippen LogP contribution is 2.17. The molecule has 0 aliphatic heterocycles. The summed E-state index contributed by atoms with van der Waals surface area (Å²) in [5.74, 6) is -0.556. The van der Waals surface area contributed by atoms with Crippen molar-refractivity contribution in [1.29, 1.82) is 0 Å². The van der Waals surface area contributed by atoms with Crippen LogP contribution in [0, 0.1) is 10.5 Å². The number of benzene rings is 1. The Morgan fingerprint density at radius 1 is 1.35 bits per heavy atom. The van der Waals surface area contributed by atoms with Gasteiger partial charge in [-0.1, -0.05) is 0 Å². The molecule has 1 aromatic rings. The van der Waals surface area contributed by atoms with Crippen LogP contribution in [-0.2, 0) is 14.3 Å². The predicted octanol–water partition coefficient (Wildman–Crippen LogP) is 2.49. The molecule has 0 bridgehead atoms. The van der Waals surface area contributed by atoms with Crippen LogP contribution >= 0.6 is 22.6 Å². The Balaban J connectivity index is 2.53. The van der Waals surface area contributed by atoms with Gasteiger partial charge in [-0.3, -0.25) is 9.59 Å². The minimum absolute atomic E-state index is 0.103. The number of methoxy groups -OCH3 is 1. The van der Waals surface area contributed by atoms with Crippen LogP contribution in [0.15, 0.2) is 18.2 Å². The maximum atomic E-state index is 11.5. The molecule has 1 amide bonds. The lowest BCUT2D eigenvalue weighted by molar-refractivity contribution is -0.141. The summed E-state index contributed by atoms with van der Waals surface area (Å²) in [4.78, 5) is 22.4. The number of hydrogen-bond donors (Lipinski definition) is 1. The summed E-state index contributed by atoms with van der Waals surface area (Å²) >= 11 is 2.21. The first-order valence-corrected chi connectivity index (χ1v) is 6.23. The van der Waals surface area contributed by atoms with Crippen molar-refractivity contribution >= 4 is 40.2 Å². The quantitative estimate of drug-likeness (QED) is 0.673. The zero-order valence-corrected chi connectivity index (χ0v) is 11.9. The van der Waals surface area contributed by atoms with E-state index >= 15 is 0 Å².